The molecule has 11 heavy (non-hydrogen) atoms. The summed E-state index contributed by atoms with van der Waals surface area (Å²) in [5.41, 5.74) is 1.22. The molecule has 0 fully saturated rings. The molecular formula is C10H16O. The molecule has 0 saturated carbocycles. The van der Waals surface area contributed by atoms with Gasteiger partial charge in [-0.25, -0.2) is 0 Å². The Kier molecular flexibility index (Phi) is 5.26. The molecule has 1 heteroatoms. The first-order chi connectivity index (χ1) is 5.26. The van der Waals surface area contributed by atoms with Crippen LogP contribution in [0.15, 0.2) is 36.1 Å². The molecule has 0 radical (unpaired) electrons. The smallest absolute Gasteiger partial charge is 0.0956 e. The first kappa shape index (κ1) is 10.0. The van der Waals surface area contributed by atoms with Gasteiger partial charge >= 0.3 is 0 Å². The van der Waals surface area contributed by atoms with Gasteiger partial charge in [0.05, 0.1) is 12.9 Å². The molecule has 0 N–H and O–H groups in total. The minimum atomic E-state index is 0.977. The normalized spacial score (nSPS) is 13.0. The predicted molar refractivity (Wildman–Crippen MR) is 49.3 cm³/mol. The molecule has 0 spiro atoms. The Bertz CT molecular complexity index is 175. The van der Waals surface area contributed by atoms with Crippen molar-refractivity contribution in [3.8, 4) is 0 Å². The largest absolute Gasteiger partial charge is 0.501 e. The van der Waals surface area contributed by atoms with Crippen LogP contribution in [0.25, 0.3) is 0 Å². The Morgan fingerprint density at radius 3 is 2.55 bits per heavy atom. The Morgan fingerprint density at radius 1 is 1.55 bits per heavy atom. The number of hydrogen-bond donors (Lipinski definition) is 0. The zero-order valence-electron chi connectivity index (χ0n) is 7.55. The maximum absolute atomic E-state index is 5.09. The van der Waals surface area contributed by atoms with Crippen LogP contribution in [-0.4, -0.2) is 7.11 Å². The predicted octanol–water partition coefficient (Wildman–Crippen LogP) is 3.06. The van der Waals surface area contributed by atoms with Crippen molar-refractivity contribution >= 4 is 0 Å². The monoisotopic (exact) mass is 152 g/mol. The minimum absolute atomic E-state index is 0.977. The molecule has 0 heterocycles. The summed E-state index contributed by atoms with van der Waals surface area (Å²) in [6.45, 7) is 7.67. The Morgan fingerprint density at radius 2 is 2.18 bits per heavy atom. The van der Waals surface area contributed by atoms with Gasteiger partial charge in [-0.1, -0.05) is 31.7 Å². The van der Waals surface area contributed by atoms with Crippen molar-refractivity contribution in [2.24, 2.45) is 0 Å². The first-order valence-corrected chi connectivity index (χ1v) is 3.79. The molecule has 0 unspecified atom stereocenters. The van der Waals surface area contributed by atoms with E-state index in [4.69, 9.17) is 4.74 Å². The minimum Gasteiger partial charge on any atom is -0.501 e. The number of allylic oxidation sites excluding steroid dienone is 5. The van der Waals surface area contributed by atoms with E-state index in [-0.39, 0.29) is 0 Å². The molecule has 0 aliphatic carbocycles. The van der Waals surface area contributed by atoms with E-state index in [2.05, 4.69) is 13.5 Å². The molecule has 0 aromatic carbocycles. The van der Waals surface area contributed by atoms with Gasteiger partial charge in [0.1, 0.15) is 0 Å². The lowest BCUT2D eigenvalue weighted by molar-refractivity contribution is 0.289. The van der Waals surface area contributed by atoms with Crippen molar-refractivity contribution < 1.29 is 4.74 Å². The van der Waals surface area contributed by atoms with Gasteiger partial charge in [0.2, 0.25) is 0 Å². The highest BCUT2D eigenvalue weighted by Crippen LogP contribution is 2.09. The molecule has 0 bridgehead atoms. The second-order valence-electron chi connectivity index (χ2n) is 2.23. The summed E-state index contributed by atoms with van der Waals surface area (Å²) >= 11 is 0. The average Bonchev–Trinajstić information content (AvgIpc) is 2.05. The Balaban J connectivity index is 4.37. The fraction of sp³-hybridized carbons (Fsp3) is 0.400. The second kappa shape index (κ2) is 5.78. The summed E-state index contributed by atoms with van der Waals surface area (Å²) in [7, 11) is 1.69. The molecule has 62 valence electrons. The van der Waals surface area contributed by atoms with Crippen LogP contribution >= 0.6 is 0 Å². The van der Waals surface area contributed by atoms with Crippen molar-refractivity contribution in [2.45, 2.75) is 20.3 Å². The SMILES string of the molecule is C=C/C=C\C(CC)=C(/C)OC. The van der Waals surface area contributed by atoms with Crippen LogP contribution in [-0.2, 0) is 4.74 Å². The van der Waals surface area contributed by atoms with Gasteiger partial charge in [-0.2, -0.15) is 0 Å². The highest BCUT2D eigenvalue weighted by molar-refractivity contribution is 5.23. The highest BCUT2D eigenvalue weighted by Gasteiger charge is 1.93. The molecule has 1 nitrogen and oxygen atoms in total. The van der Waals surface area contributed by atoms with E-state index >= 15 is 0 Å². The summed E-state index contributed by atoms with van der Waals surface area (Å²) < 4.78 is 5.09. The molecule has 0 rings (SSSR count). The number of methoxy groups -OCH3 is 1. The molecule has 0 aliphatic rings. The van der Waals surface area contributed by atoms with E-state index in [1.165, 1.54) is 5.57 Å². The maximum atomic E-state index is 5.09. The number of hydrogen-bond acceptors (Lipinski definition) is 1. The van der Waals surface area contributed by atoms with E-state index < -0.39 is 0 Å². The van der Waals surface area contributed by atoms with E-state index in [1.54, 1.807) is 13.2 Å². The van der Waals surface area contributed by atoms with E-state index in [9.17, 15) is 0 Å². The molecule has 0 saturated heterocycles. The summed E-state index contributed by atoms with van der Waals surface area (Å²) in [6, 6.07) is 0. The summed E-state index contributed by atoms with van der Waals surface area (Å²) in [5.74, 6) is 0.977. The van der Waals surface area contributed by atoms with Gasteiger partial charge in [0.15, 0.2) is 0 Å². The van der Waals surface area contributed by atoms with E-state index in [0.29, 0.717) is 0 Å². The summed E-state index contributed by atoms with van der Waals surface area (Å²) in [5, 5.41) is 0. The van der Waals surface area contributed by atoms with Gasteiger partial charge < -0.3 is 4.74 Å². The number of ether oxygens (including phenoxy) is 1. The fourth-order valence-electron chi connectivity index (χ4n) is 0.799. The molecule has 0 atom stereocenters. The molecule has 0 aliphatic heterocycles. The first-order valence-electron chi connectivity index (χ1n) is 3.79. The van der Waals surface area contributed by atoms with Crippen molar-refractivity contribution in [3.63, 3.8) is 0 Å². The number of rotatable bonds is 4. The standard InChI is InChI=1S/C10H16O/c1-5-7-8-10(6-2)9(3)11-4/h5,7-8H,1,6H2,2-4H3/b8-7-,10-9+. The third kappa shape index (κ3) is 3.66. The lowest BCUT2D eigenvalue weighted by Crippen LogP contribution is -1.86. The highest BCUT2D eigenvalue weighted by atomic mass is 16.5. The summed E-state index contributed by atoms with van der Waals surface area (Å²) in [4.78, 5) is 0. The van der Waals surface area contributed by atoms with E-state index in [0.717, 1.165) is 12.2 Å². The van der Waals surface area contributed by atoms with Crippen LogP contribution in [0.3, 0.4) is 0 Å². The van der Waals surface area contributed by atoms with Crippen LogP contribution in [0.4, 0.5) is 0 Å². The van der Waals surface area contributed by atoms with Crippen molar-refractivity contribution in [1.82, 2.24) is 0 Å². The van der Waals surface area contributed by atoms with Crippen LogP contribution in [0.5, 0.6) is 0 Å². The Labute approximate surface area is 69.1 Å². The zero-order valence-corrected chi connectivity index (χ0v) is 7.55. The van der Waals surface area contributed by atoms with E-state index in [1.807, 2.05) is 19.1 Å². The van der Waals surface area contributed by atoms with Crippen molar-refractivity contribution in [2.75, 3.05) is 7.11 Å². The van der Waals surface area contributed by atoms with Gasteiger partial charge in [0, 0.05) is 0 Å². The van der Waals surface area contributed by atoms with Crippen LogP contribution in [0, 0.1) is 0 Å². The second-order valence-corrected chi connectivity index (χ2v) is 2.23. The molecule has 0 amide bonds. The van der Waals surface area contributed by atoms with Gasteiger partial charge in [-0.05, 0) is 18.9 Å². The van der Waals surface area contributed by atoms with Crippen molar-refractivity contribution in [1.29, 1.82) is 0 Å². The molecule has 0 aromatic heterocycles. The summed E-state index contributed by atoms with van der Waals surface area (Å²) in [6.07, 6.45) is 6.69. The lowest BCUT2D eigenvalue weighted by atomic mass is 10.1. The molecular weight excluding hydrogens is 136 g/mol. The van der Waals surface area contributed by atoms with Gasteiger partial charge in [-0.15, -0.1) is 0 Å². The fourth-order valence-corrected chi connectivity index (χ4v) is 0.799. The quantitative estimate of drug-likeness (QED) is 0.444. The van der Waals surface area contributed by atoms with Gasteiger partial charge in [0.25, 0.3) is 0 Å². The van der Waals surface area contributed by atoms with Crippen LogP contribution in [0.2, 0.25) is 0 Å². The topological polar surface area (TPSA) is 9.23 Å². The average molecular weight is 152 g/mol. The third-order valence-corrected chi connectivity index (χ3v) is 1.57. The lowest BCUT2D eigenvalue weighted by Gasteiger charge is -2.03. The molecule has 0 aromatic rings. The maximum Gasteiger partial charge on any atom is 0.0956 e. The van der Waals surface area contributed by atoms with Crippen molar-refractivity contribution in [3.05, 3.63) is 36.1 Å². The van der Waals surface area contributed by atoms with Gasteiger partial charge in [-0.3, -0.25) is 0 Å². The Hall–Kier alpha value is -0.980. The zero-order chi connectivity index (χ0) is 8.69. The third-order valence-electron chi connectivity index (χ3n) is 1.57. The van der Waals surface area contributed by atoms with Crippen LogP contribution < -0.4 is 0 Å². The van der Waals surface area contributed by atoms with Crippen LogP contribution in [0.1, 0.15) is 20.3 Å².